The van der Waals surface area contributed by atoms with E-state index in [4.69, 9.17) is 5.73 Å². The molecule has 2 rings (SSSR count). The van der Waals surface area contributed by atoms with Crippen LogP contribution in [-0.4, -0.2) is 60.3 Å². The predicted octanol–water partition coefficient (Wildman–Crippen LogP) is 0.0923. The van der Waals surface area contributed by atoms with Crippen molar-refractivity contribution in [1.29, 1.82) is 0 Å². The first-order chi connectivity index (χ1) is 8.09. The molecular formula is C12H18N4O. The summed E-state index contributed by atoms with van der Waals surface area (Å²) in [6, 6.07) is 3.36. The topological polar surface area (TPSA) is 62.5 Å². The van der Waals surface area contributed by atoms with Crippen LogP contribution >= 0.6 is 0 Å². The zero-order chi connectivity index (χ0) is 12.4. The van der Waals surface area contributed by atoms with Gasteiger partial charge in [0.15, 0.2) is 5.78 Å². The van der Waals surface area contributed by atoms with Gasteiger partial charge in [0.05, 0.1) is 11.6 Å². The summed E-state index contributed by atoms with van der Waals surface area (Å²) in [6.07, 6.45) is 1.60. The van der Waals surface area contributed by atoms with Crippen LogP contribution in [0.1, 0.15) is 10.4 Å². The van der Waals surface area contributed by atoms with Gasteiger partial charge >= 0.3 is 0 Å². The summed E-state index contributed by atoms with van der Waals surface area (Å²) in [7, 11) is 4.00. The summed E-state index contributed by atoms with van der Waals surface area (Å²) in [6.45, 7) is 2.62. The van der Waals surface area contributed by atoms with Crippen molar-refractivity contribution in [3.63, 3.8) is 0 Å². The van der Waals surface area contributed by atoms with Crippen LogP contribution < -0.4 is 5.73 Å². The minimum Gasteiger partial charge on any atom is -0.383 e. The fourth-order valence-electron chi connectivity index (χ4n) is 2.10. The molecule has 92 valence electrons. The van der Waals surface area contributed by atoms with Gasteiger partial charge in [-0.1, -0.05) is 0 Å². The molecule has 0 amide bonds. The highest BCUT2D eigenvalue weighted by atomic mass is 16.1. The highest BCUT2D eigenvalue weighted by Crippen LogP contribution is 2.15. The predicted molar refractivity (Wildman–Crippen MR) is 66.9 cm³/mol. The van der Waals surface area contributed by atoms with E-state index >= 15 is 0 Å². The Morgan fingerprint density at radius 2 is 2.24 bits per heavy atom. The van der Waals surface area contributed by atoms with Crippen molar-refractivity contribution in [3.8, 4) is 0 Å². The number of nitrogens with two attached hydrogens (primary N) is 1. The SMILES string of the molecule is CN1CCN(C)C(C(=O)c2cccnc2N)C1. The number of piperazine rings is 1. The second-order valence-electron chi connectivity index (χ2n) is 4.56. The van der Waals surface area contributed by atoms with E-state index in [0.717, 1.165) is 19.6 Å². The fraction of sp³-hybridized carbons (Fsp3) is 0.500. The quantitative estimate of drug-likeness (QED) is 0.735. The molecule has 2 heterocycles. The first-order valence-electron chi connectivity index (χ1n) is 5.73. The van der Waals surface area contributed by atoms with Crippen LogP contribution in [0.15, 0.2) is 18.3 Å². The van der Waals surface area contributed by atoms with Gasteiger partial charge in [0.2, 0.25) is 0 Å². The molecule has 17 heavy (non-hydrogen) atoms. The number of rotatable bonds is 2. The fourth-order valence-corrected chi connectivity index (χ4v) is 2.10. The average molecular weight is 234 g/mol. The molecule has 5 nitrogen and oxygen atoms in total. The van der Waals surface area contributed by atoms with Gasteiger partial charge < -0.3 is 10.6 Å². The maximum absolute atomic E-state index is 12.4. The van der Waals surface area contributed by atoms with Crippen molar-refractivity contribution >= 4 is 11.6 Å². The number of hydrogen-bond acceptors (Lipinski definition) is 5. The standard InChI is InChI=1S/C12H18N4O/c1-15-6-7-16(2)10(8-15)11(17)9-4-3-5-14-12(9)13/h3-5,10H,6-8H2,1-2H3,(H2,13,14). The van der Waals surface area contributed by atoms with Crippen LogP contribution in [-0.2, 0) is 0 Å². The van der Waals surface area contributed by atoms with Crippen molar-refractivity contribution in [2.24, 2.45) is 0 Å². The van der Waals surface area contributed by atoms with E-state index in [1.54, 1.807) is 18.3 Å². The van der Waals surface area contributed by atoms with Gasteiger partial charge in [-0.15, -0.1) is 0 Å². The lowest BCUT2D eigenvalue weighted by Gasteiger charge is -2.36. The number of carbonyl (C=O) groups excluding carboxylic acids is 1. The summed E-state index contributed by atoms with van der Waals surface area (Å²) < 4.78 is 0. The van der Waals surface area contributed by atoms with E-state index in [-0.39, 0.29) is 11.8 Å². The average Bonchev–Trinajstić information content (AvgIpc) is 2.32. The Morgan fingerprint density at radius 1 is 1.47 bits per heavy atom. The molecule has 1 aromatic rings. The maximum atomic E-state index is 12.4. The number of ketones is 1. The van der Waals surface area contributed by atoms with E-state index in [0.29, 0.717) is 11.4 Å². The largest absolute Gasteiger partial charge is 0.383 e. The van der Waals surface area contributed by atoms with E-state index in [9.17, 15) is 4.79 Å². The minimum atomic E-state index is -0.125. The van der Waals surface area contributed by atoms with Gasteiger partial charge in [-0.05, 0) is 26.2 Å². The Labute approximate surface area is 101 Å². The number of Topliss-reactive ketones (excluding diaryl/α,β-unsaturated/α-hetero) is 1. The Morgan fingerprint density at radius 3 is 2.94 bits per heavy atom. The Hall–Kier alpha value is -1.46. The van der Waals surface area contributed by atoms with E-state index in [1.807, 2.05) is 14.1 Å². The van der Waals surface area contributed by atoms with Crippen LogP contribution in [0.3, 0.4) is 0 Å². The lowest BCUT2D eigenvalue weighted by Crippen LogP contribution is -2.53. The van der Waals surface area contributed by atoms with E-state index < -0.39 is 0 Å². The number of nitrogen functional groups attached to an aromatic ring is 1. The number of hydrogen-bond donors (Lipinski definition) is 1. The number of pyridine rings is 1. The summed E-state index contributed by atoms with van der Waals surface area (Å²) in [5.41, 5.74) is 6.27. The molecule has 0 spiro atoms. The smallest absolute Gasteiger partial charge is 0.184 e. The van der Waals surface area contributed by atoms with Crippen LogP contribution in [0.2, 0.25) is 0 Å². The third-order valence-electron chi connectivity index (χ3n) is 3.26. The zero-order valence-corrected chi connectivity index (χ0v) is 10.3. The summed E-state index contributed by atoms with van der Waals surface area (Å²) >= 11 is 0. The molecule has 1 atom stereocenters. The second-order valence-corrected chi connectivity index (χ2v) is 4.56. The van der Waals surface area contributed by atoms with Gasteiger partial charge in [-0.3, -0.25) is 9.69 Å². The molecule has 1 saturated heterocycles. The molecular weight excluding hydrogens is 216 g/mol. The van der Waals surface area contributed by atoms with Gasteiger partial charge in [-0.2, -0.15) is 0 Å². The van der Waals surface area contributed by atoms with Crippen LogP contribution in [0.5, 0.6) is 0 Å². The Balaban J connectivity index is 2.22. The van der Waals surface area contributed by atoms with Crippen molar-refractivity contribution < 1.29 is 4.79 Å². The van der Waals surface area contributed by atoms with Crippen molar-refractivity contribution in [1.82, 2.24) is 14.8 Å². The molecule has 5 heteroatoms. The lowest BCUT2D eigenvalue weighted by atomic mass is 10.0. The molecule has 0 bridgehead atoms. The molecule has 1 unspecified atom stereocenters. The maximum Gasteiger partial charge on any atom is 0.184 e. The van der Waals surface area contributed by atoms with E-state index in [1.165, 1.54) is 0 Å². The first-order valence-corrected chi connectivity index (χ1v) is 5.73. The van der Waals surface area contributed by atoms with Crippen molar-refractivity contribution in [2.75, 3.05) is 39.5 Å². The molecule has 0 aromatic carbocycles. The highest BCUT2D eigenvalue weighted by Gasteiger charge is 2.30. The zero-order valence-electron chi connectivity index (χ0n) is 10.3. The molecule has 1 aliphatic rings. The minimum absolute atomic E-state index is 0.0599. The number of anilines is 1. The molecule has 1 aromatic heterocycles. The number of nitrogens with zero attached hydrogens (tertiary/aromatic N) is 3. The third kappa shape index (κ3) is 2.45. The summed E-state index contributed by atoms with van der Waals surface area (Å²) in [4.78, 5) is 20.6. The highest BCUT2D eigenvalue weighted by molar-refractivity contribution is 6.03. The molecule has 1 fully saturated rings. The Bertz CT molecular complexity index is 421. The van der Waals surface area contributed by atoms with Crippen LogP contribution in [0, 0.1) is 0 Å². The third-order valence-corrected chi connectivity index (χ3v) is 3.26. The number of carbonyl (C=O) groups is 1. The molecule has 0 aliphatic carbocycles. The molecule has 0 radical (unpaired) electrons. The van der Waals surface area contributed by atoms with Crippen molar-refractivity contribution in [3.05, 3.63) is 23.9 Å². The second kappa shape index (κ2) is 4.81. The van der Waals surface area contributed by atoms with Gasteiger partial charge in [-0.25, -0.2) is 4.98 Å². The van der Waals surface area contributed by atoms with Crippen LogP contribution in [0.25, 0.3) is 0 Å². The molecule has 0 saturated carbocycles. The Kier molecular flexibility index (Phi) is 3.40. The van der Waals surface area contributed by atoms with E-state index in [2.05, 4.69) is 14.8 Å². The normalized spacial score (nSPS) is 22.6. The number of likely N-dealkylation sites (N-methyl/N-ethyl adjacent to an activating group) is 2. The van der Waals surface area contributed by atoms with Gasteiger partial charge in [0.1, 0.15) is 5.82 Å². The van der Waals surface area contributed by atoms with Crippen LogP contribution in [0.4, 0.5) is 5.82 Å². The first kappa shape index (κ1) is 12.0. The lowest BCUT2D eigenvalue weighted by molar-refractivity contribution is 0.0687. The van der Waals surface area contributed by atoms with Gasteiger partial charge in [0.25, 0.3) is 0 Å². The monoisotopic (exact) mass is 234 g/mol. The summed E-state index contributed by atoms with van der Waals surface area (Å²) in [5.74, 6) is 0.378. The number of aromatic nitrogens is 1. The molecule has 1 aliphatic heterocycles. The molecule has 2 N–H and O–H groups in total. The van der Waals surface area contributed by atoms with Crippen molar-refractivity contribution in [2.45, 2.75) is 6.04 Å². The van der Waals surface area contributed by atoms with Gasteiger partial charge in [0, 0.05) is 25.8 Å². The summed E-state index contributed by atoms with van der Waals surface area (Å²) in [5, 5.41) is 0.